The molecule has 0 aliphatic carbocycles. The van der Waals surface area contributed by atoms with Crippen molar-refractivity contribution in [2.45, 2.75) is 45.6 Å². The molecule has 0 bridgehead atoms. The number of carbonyl (C=O) groups is 1. The van der Waals surface area contributed by atoms with Gasteiger partial charge in [0.2, 0.25) is 0 Å². The first-order chi connectivity index (χ1) is 14.8. The number of rotatable bonds is 7. The zero-order chi connectivity index (χ0) is 23.7. The second kappa shape index (κ2) is 8.70. The number of Topliss-reactive ketones (excluding diaryl/α,β-unsaturated/α-hetero) is 1. The highest BCUT2D eigenvalue weighted by Crippen LogP contribution is 2.28. The monoisotopic (exact) mass is 448 g/mol. The van der Waals surface area contributed by atoms with Crippen LogP contribution < -0.4 is 4.74 Å². The lowest BCUT2D eigenvalue weighted by molar-refractivity contribution is -0.274. The average molecular weight is 448 g/mol. The van der Waals surface area contributed by atoms with Crippen LogP contribution in [0.3, 0.4) is 0 Å². The molecule has 2 heterocycles. The van der Waals surface area contributed by atoms with Gasteiger partial charge < -0.3 is 9.84 Å². The second-order valence-electron chi connectivity index (χ2n) is 8.07. The molecule has 3 rings (SSSR count). The summed E-state index contributed by atoms with van der Waals surface area (Å²) in [5.74, 6) is -0.369. The van der Waals surface area contributed by atoms with Crippen LogP contribution in [0.1, 0.15) is 42.9 Å². The Labute approximate surface area is 182 Å². The molecule has 32 heavy (non-hydrogen) atoms. The number of alkyl halides is 3. The number of ether oxygens (including phenoxy) is 1. The quantitative estimate of drug-likeness (QED) is 0.536. The maximum absolute atomic E-state index is 12.8. The molecule has 0 saturated heterocycles. The van der Waals surface area contributed by atoms with Crippen LogP contribution in [0.25, 0.3) is 22.6 Å². The van der Waals surface area contributed by atoms with Gasteiger partial charge in [-0.25, -0.2) is 9.97 Å². The normalized spacial score (nSPS) is 12.1. The van der Waals surface area contributed by atoms with E-state index in [1.165, 1.54) is 30.3 Å². The number of halogens is 3. The Hall–Kier alpha value is -3.27. The van der Waals surface area contributed by atoms with Gasteiger partial charge in [0, 0.05) is 25.2 Å². The molecule has 0 unspecified atom stereocenters. The Bertz CT molecular complexity index is 1120. The Morgan fingerprint density at radius 2 is 1.81 bits per heavy atom. The van der Waals surface area contributed by atoms with Crippen molar-refractivity contribution in [1.29, 1.82) is 0 Å². The number of nitrogens with zero attached hydrogens (tertiary/aromatic N) is 4. The molecule has 0 radical (unpaired) electrons. The fraction of sp³-hybridized carbons (Fsp3) is 0.364. The molecule has 0 atom stereocenters. The van der Waals surface area contributed by atoms with Gasteiger partial charge in [-0.2, -0.15) is 5.10 Å². The zero-order valence-electron chi connectivity index (χ0n) is 18.1. The fourth-order valence-corrected chi connectivity index (χ4v) is 3.05. The summed E-state index contributed by atoms with van der Waals surface area (Å²) in [5.41, 5.74) is 1.27. The molecular weight excluding hydrogens is 425 g/mol. The van der Waals surface area contributed by atoms with Crippen LogP contribution in [0, 0.1) is 6.92 Å². The van der Waals surface area contributed by atoms with Crippen molar-refractivity contribution in [3.8, 4) is 28.4 Å². The number of aliphatic hydroxyl groups is 1. The molecule has 7 nitrogen and oxygen atoms in total. The molecule has 0 fully saturated rings. The summed E-state index contributed by atoms with van der Waals surface area (Å²) in [4.78, 5) is 21.7. The highest BCUT2D eigenvalue weighted by molar-refractivity contribution is 5.95. The molecule has 1 aromatic carbocycles. The van der Waals surface area contributed by atoms with E-state index in [4.69, 9.17) is 0 Å². The lowest BCUT2D eigenvalue weighted by Gasteiger charge is -2.16. The lowest BCUT2D eigenvalue weighted by Crippen LogP contribution is -2.20. The van der Waals surface area contributed by atoms with E-state index in [1.807, 2.05) is 0 Å². The Kier molecular flexibility index (Phi) is 6.36. The van der Waals surface area contributed by atoms with E-state index in [1.54, 1.807) is 38.7 Å². The lowest BCUT2D eigenvalue weighted by atomic mass is 9.99. The van der Waals surface area contributed by atoms with Crippen LogP contribution in [-0.4, -0.2) is 42.6 Å². The summed E-state index contributed by atoms with van der Waals surface area (Å²) in [6.45, 7) is 5.01. The van der Waals surface area contributed by atoms with Gasteiger partial charge in [0.25, 0.3) is 0 Å². The molecule has 2 aromatic heterocycles. The largest absolute Gasteiger partial charge is 0.573 e. The van der Waals surface area contributed by atoms with Crippen molar-refractivity contribution in [3.63, 3.8) is 0 Å². The van der Waals surface area contributed by atoms with E-state index in [0.717, 1.165) is 0 Å². The Morgan fingerprint density at radius 3 is 2.34 bits per heavy atom. The van der Waals surface area contributed by atoms with Gasteiger partial charge in [-0.05, 0) is 57.5 Å². The van der Waals surface area contributed by atoms with Crippen molar-refractivity contribution in [3.05, 3.63) is 47.9 Å². The molecule has 1 N–H and O–H groups in total. The first-order valence-electron chi connectivity index (χ1n) is 9.82. The summed E-state index contributed by atoms with van der Waals surface area (Å²) in [6, 6.07) is 6.69. The predicted molar refractivity (Wildman–Crippen MR) is 111 cm³/mol. The molecule has 3 aromatic rings. The molecule has 0 saturated carbocycles. The number of hydrogen-bond acceptors (Lipinski definition) is 6. The molecule has 170 valence electrons. The smallest absolute Gasteiger partial charge is 0.406 e. The summed E-state index contributed by atoms with van der Waals surface area (Å²) in [6.07, 6.45) is -2.75. The van der Waals surface area contributed by atoms with E-state index in [2.05, 4.69) is 19.8 Å². The maximum Gasteiger partial charge on any atom is 0.573 e. The third-order valence-corrected chi connectivity index (χ3v) is 4.61. The third-order valence-electron chi connectivity index (χ3n) is 4.61. The van der Waals surface area contributed by atoms with Crippen molar-refractivity contribution >= 4 is 5.78 Å². The summed E-state index contributed by atoms with van der Waals surface area (Å²) in [5, 5.41) is 14.2. The van der Waals surface area contributed by atoms with Crippen molar-refractivity contribution in [2.24, 2.45) is 7.05 Å². The van der Waals surface area contributed by atoms with Gasteiger partial charge in [0.1, 0.15) is 11.4 Å². The van der Waals surface area contributed by atoms with Gasteiger partial charge in [-0.3, -0.25) is 9.48 Å². The topological polar surface area (TPSA) is 90.1 Å². The number of hydrogen-bond donors (Lipinski definition) is 1. The molecule has 0 aliphatic rings. The van der Waals surface area contributed by atoms with Crippen molar-refractivity contribution in [2.75, 3.05) is 0 Å². The van der Waals surface area contributed by atoms with Gasteiger partial charge in [0.15, 0.2) is 11.6 Å². The second-order valence-corrected chi connectivity index (χ2v) is 8.07. The van der Waals surface area contributed by atoms with Crippen LogP contribution in [-0.2, 0) is 7.05 Å². The number of ketones is 1. The summed E-state index contributed by atoms with van der Waals surface area (Å²) < 4.78 is 42.8. The van der Waals surface area contributed by atoms with Crippen LogP contribution in [0.15, 0.2) is 36.5 Å². The fourth-order valence-electron chi connectivity index (χ4n) is 3.05. The van der Waals surface area contributed by atoms with E-state index >= 15 is 0 Å². The van der Waals surface area contributed by atoms with E-state index < -0.39 is 12.0 Å². The molecule has 0 amide bonds. The first kappa shape index (κ1) is 23.4. The first-order valence-corrected chi connectivity index (χ1v) is 9.82. The number of carbonyl (C=O) groups excluding carboxylic acids is 1. The van der Waals surface area contributed by atoms with Gasteiger partial charge in [-0.15, -0.1) is 13.2 Å². The van der Waals surface area contributed by atoms with Crippen LogP contribution >= 0.6 is 0 Å². The van der Waals surface area contributed by atoms with E-state index in [-0.39, 0.29) is 35.9 Å². The minimum atomic E-state index is -4.79. The van der Waals surface area contributed by atoms with E-state index in [0.29, 0.717) is 22.5 Å². The molecule has 0 aliphatic heterocycles. The minimum absolute atomic E-state index is 0.0732. The number of aromatic nitrogens is 4. The Morgan fingerprint density at radius 1 is 1.16 bits per heavy atom. The van der Waals surface area contributed by atoms with E-state index in [9.17, 15) is 23.1 Å². The van der Waals surface area contributed by atoms with Gasteiger partial charge in [-0.1, -0.05) is 0 Å². The maximum atomic E-state index is 12.8. The summed E-state index contributed by atoms with van der Waals surface area (Å²) >= 11 is 0. The van der Waals surface area contributed by atoms with Crippen molar-refractivity contribution in [1.82, 2.24) is 19.7 Å². The number of aryl methyl sites for hydroxylation is 2. The Balaban J connectivity index is 2.02. The minimum Gasteiger partial charge on any atom is -0.406 e. The molecular formula is C22H23F3N4O3. The molecule has 10 heteroatoms. The highest BCUT2D eigenvalue weighted by Gasteiger charge is 2.31. The van der Waals surface area contributed by atoms with Gasteiger partial charge in [0.05, 0.1) is 22.6 Å². The van der Waals surface area contributed by atoms with Crippen LogP contribution in [0.4, 0.5) is 13.2 Å². The zero-order valence-corrected chi connectivity index (χ0v) is 18.1. The number of benzene rings is 1. The average Bonchev–Trinajstić information content (AvgIpc) is 3.02. The van der Waals surface area contributed by atoms with Crippen LogP contribution in [0.5, 0.6) is 5.75 Å². The molecule has 0 spiro atoms. The highest BCUT2D eigenvalue weighted by atomic mass is 19.4. The van der Waals surface area contributed by atoms with Crippen molar-refractivity contribution < 1.29 is 27.8 Å². The van der Waals surface area contributed by atoms with Gasteiger partial charge >= 0.3 is 6.36 Å². The SMILES string of the molecule is Cc1nn(C)cc1-c1nc(C(=O)CCC(C)(C)O)cc(-c2ccc(OC(F)(F)F)cc2)n1. The van der Waals surface area contributed by atoms with Crippen LogP contribution in [0.2, 0.25) is 0 Å². The summed E-state index contributed by atoms with van der Waals surface area (Å²) in [7, 11) is 1.75. The predicted octanol–water partition coefficient (Wildman–Crippen LogP) is 4.48. The third kappa shape index (κ3) is 6.13. The standard InChI is InChI=1S/C22H23F3N4O3/c1-13-16(12-29(4)28-13)20-26-17(11-18(27-20)19(30)9-10-21(2,3)31)14-5-7-15(8-6-14)32-22(23,24)25/h5-8,11-12,31H,9-10H2,1-4H3.